The van der Waals surface area contributed by atoms with Crippen LogP contribution in [0.5, 0.6) is 0 Å². The van der Waals surface area contributed by atoms with Gasteiger partial charge >= 0.3 is 0 Å². The van der Waals surface area contributed by atoms with Gasteiger partial charge in [-0.05, 0) is 12.8 Å². The van der Waals surface area contributed by atoms with Crippen molar-refractivity contribution in [3.63, 3.8) is 0 Å². The monoisotopic (exact) mass is 224 g/mol. The molecule has 16 heavy (non-hydrogen) atoms. The Hall–Kier alpha value is 0. The maximum Gasteiger partial charge on any atom is -0.0207 e. The zero-order chi connectivity index (χ0) is 11.9. The van der Waals surface area contributed by atoms with Gasteiger partial charge in [-0.15, -0.1) is 0 Å². The smallest absolute Gasteiger partial charge is 0.0207 e. The molecular weight excluding hydrogens is 192 g/mol. The lowest BCUT2D eigenvalue weighted by Gasteiger charge is -2.02. The normalized spacial score (nSPS) is 10.9. The van der Waals surface area contributed by atoms with Crippen molar-refractivity contribution in [1.82, 2.24) is 0 Å². The van der Waals surface area contributed by atoms with Gasteiger partial charge in [0, 0.05) is 0 Å². The topological polar surface area (TPSA) is 0 Å². The molecule has 0 atom stereocenters. The Balaban J connectivity index is 2.83. The lowest BCUT2D eigenvalue weighted by atomic mass is 10.0. The summed E-state index contributed by atoms with van der Waals surface area (Å²) in [5.41, 5.74) is 0. The maximum absolute atomic E-state index is 3.20. The molecule has 0 aliphatic heterocycles. The summed E-state index contributed by atoms with van der Waals surface area (Å²) >= 11 is 0. The number of rotatable bonds is 13. The molecule has 0 saturated heterocycles. The molecule has 0 saturated carbocycles. The Labute approximate surface area is 104 Å². The van der Waals surface area contributed by atoms with Gasteiger partial charge in [0.05, 0.1) is 0 Å². The minimum Gasteiger partial charge on any atom is -0.0654 e. The van der Waals surface area contributed by atoms with Crippen molar-refractivity contribution in [2.45, 2.75) is 97.3 Å². The zero-order valence-electron chi connectivity index (χ0n) is 11.7. The van der Waals surface area contributed by atoms with Crippen LogP contribution in [-0.4, -0.2) is 0 Å². The van der Waals surface area contributed by atoms with E-state index in [1.54, 1.807) is 0 Å². The Morgan fingerprint density at radius 1 is 0.562 bits per heavy atom. The molecule has 0 aromatic heterocycles. The second kappa shape index (κ2) is 15.0. The van der Waals surface area contributed by atoms with E-state index in [2.05, 4.69) is 13.3 Å². The highest BCUT2D eigenvalue weighted by molar-refractivity contribution is 4.55. The first-order chi connectivity index (χ1) is 7.91. The molecule has 0 unspecified atom stereocenters. The van der Waals surface area contributed by atoms with Crippen molar-refractivity contribution in [1.29, 1.82) is 0 Å². The summed E-state index contributed by atoms with van der Waals surface area (Å²) in [5, 5.41) is 0. The minimum atomic E-state index is 1.19. The molecule has 96 valence electrons. The van der Waals surface area contributed by atoms with Crippen LogP contribution in [0.2, 0.25) is 0 Å². The molecule has 2 radical (unpaired) electrons. The first kappa shape index (κ1) is 16.0. The third-order valence-electron chi connectivity index (χ3n) is 3.28. The van der Waals surface area contributed by atoms with Crippen LogP contribution in [0, 0.1) is 6.42 Å². The third kappa shape index (κ3) is 14.0. The first-order valence-electron chi connectivity index (χ1n) is 7.56. The van der Waals surface area contributed by atoms with E-state index in [0.717, 1.165) is 0 Å². The molecule has 0 aliphatic rings. The molecule has 0 rings (SSSR count). The number of hydrogen-bond acceptors (Lipinski definition) is 0. The summed E-state index contributed by atoms with van der Waals surface area (Å²) in [6.07, 6.45) is 21.7. The molecule has 0 aromatic carbocycles. The van der Waals surface area contributed by atoms with Crippen molar-refractivity contribution in [3.05, 3.63) is 6.42 Å². The molecule has 0 amide bonds. The molecule has 0 bridgehead atoms. The van der Waals surface area contributed by atoms with Gasteiger partial charge in [-0.25, -0.2) is 0 Å². The van der Waals surface area contributed by atoms with Gasteiger partial charge in [-0.1, -0.05) is 90.9 Å². The highest BCUT2D eigenvalue weighted by atomic mass is 14.0. The van der Waals surface area contributed by atoms with Crippen LogP contribution in [0.3, 0.4) is 0 Å². The van der Waals surface area contributed by atoms with Gasteiger partial charge in [0.25, 0.3) is 0 Å². The van der Waals surface area contributed by atoms with Crippen molar-refractivity contribution < 1.29 is 0 Å². The fraction of sp³-hybridized carbons (Fsp3) is 0.938. The van der Waals surface area contributed by atoms with Crippen LogP contribution >= 0.6 is 0 Å². The van der Waals surface area contributed by atoms with E-state index < -0.39 is 0 Å². The van der Waals surface area contributed by atoms with E-state index in [9.17, 15) is 0 Å². The number of hydrogen-bond donors (Lipinski definition) is 0. The van der Waals surface area contributed by atoms with Crippen molar-refractivity contribution in [2.24, 2.45) is 0 Å². The Kier molecular flexibility index (Phi) is 15.0. The van der Waals surface area contributed by atoms with Crippen molar-refractivity contribution in [3.8, 4) is 0 Å². The molecule has 0 nitrogen and oxygen atoms in total. The quantitative estimate of drug-likeness (QED) is 0.328. The predicted molar refractivity (Wildman–Crippen MR) is 74.6 cm³/mol. The van der Waals surface area contributed by atoms with E-state index in [1.165, 1.54) is 83.5 Å². The van der Waals surface area contributed by atoms with E-state index in [0.29, 0.717) is 0 Å². The molecule has 0 aliphatic carbocycles. The third-order valence-corrected chi connectivity index (χ3v) is 3.28. The summed E-state index contributed by atoms with van der Waals surface area (Å²) in [4.78, 5) is 0. The molecular formula is C16H32. The zero-order valence-corrected chi connectivity index (χ0v) is 11.7. The molecule has 0 fully saturated rings. The van der Waals surface area contributed by atoms with Crippen LogP contribution in [0.1, 0.15) is 97.3 Å². The standard InChI is InChI=1S/C16H32/c1-3-5-7-9-11-13-15-16-14-12-10-8-6-4-2/h3,5-16H2,1-2H3. The van der Waals surface area contributed by atoms with Crippen molar-refractivity contribution in [2.75, 3.05) is 0 Å². The summed E-state index contributed by atoms with van der Waals surface area (Å²) in [6, 6.07) is 0. The van der Waals surface area contributed by atoms with E-state index >= 15 is 0 Å². The van der Waals surface area contributed by atoms with Gasteiger partial charge in [0.1, 0.15) is 0 Å². The predicted octanol–water partition coefficient (Wildman–Crippen LogP) is 6.18. The van der Waals surface area contributed by atoms with Crippen LogP contribution in [0.25, 0.3) is 0 Å². The Morgan fingerprint density at radius 2 is 0.938 bits per heavy atom. The Morgan fingerprint density at radius 3 is 1.31 bits per heavy atom. The molecule has 0 aromatic rings. The van der Waals surface area contributed by atoms with Gasteiger partial charge in [-0.2, -0.15) is 0 Å². The van der Waals surface area contributed by atoms with Crippen LogP contribution in [-0.2, 0) is 0 Å². The second-order valence-electron chi connectivity index (χ2n) is 4.99. The van der Waals surface area contributed by atoms with Crippen LogP contribution < -0.4 is 0 Å². The second-order valence-corrected chi connectivity index (χ2v) is 4.99. The summed E-state index contributed by atoms with van der Waals surface area (Å²) in [5.74, 6) is 0. The van der Waals surface area contributed by atoms with Crippen molar-refractivity contribution >= 4 is 0 Å². The van der Waals surface area contributed by atoms with Gasteiger partial charge in [-0.3, -0.25) is 0 Å². The van der Waals surface area contributed by atoms with E-state index in [4.69, 9.17) is 0 Å². The maximum atomic E-state index is 3.20. The van der Waals surface area contributed by atoms with Crippen LogP contribution in [0.15, 0.2) is 0 Å². The summed E-state index contributed by atoms with van der Waals surface area (Å²) in [6.45, 7) is 4.33. The molecule has 0 heterocycles. The minimum absolute atomic E-state index is 1.19. The highest BCUT2D eigenvalue weighted by Gasteiger charge is 1.92. The average Bonchev–Trinajstić information content (AvgIpc) is 2.31. The molecule has 0 heteroatoms. The summed E-state index contributed by atoms with van der Waals surface area (Å²) in [7, 11) is 0. The van der Waals surface area contributed by atoms with Gasteiger partial charge in [0.15, 0.2) is 0 Å². The largest absolute Gasteiger partial charge is 0.0654 e. The fourth-order valence-corrected chi connectivity index (χ4v) is 2.14. The average molecular weight is 224 g/mol. The van der Waals surface area contributed by atoms with Gasteiger partial charge in [0.2, 0.25) is 0 Å². The highest BCUT2D eigenvalue weighted by Crippen LogP contribution is 2.12. The number of unbranched alkanes of at least 4 members (excludes halogenated alkanes) is 13. The SMILES string of the molecule is C[C]CCCCCCCCCCCCCC. The Bertz CT molecular complexity index is 92.6. The lowest BCUT2D eigenvalue weighted by molar-refractivity contribution is 0.543. The van der Waals surface area contributed by atoms with E-state index in [1.807, 2.05) is 6.92 Å². The van der Waals surface area contributed by atoms with Gasteiger partial charge < -0.3 is 0 Å². The lowest BCUT2D eigenvalue weighted by Crippen LogP contribution is -1.82. The molecule has 0 N–H and O–H groups in total. The summed E-state index contributed by atoms with van der Waals surface area (Å²) < 4.78 is 0. The van der Waals surface area contributed by atoms with E-state index in [-0.39, 0.29) is 0 Å². The first-order valence-corrected chi connectivity index (χ1v) is 7.56. The van der Waals surface area contributed by atoms with Crippen LogP contribution in [0.4, 0.5) is 0 Å². The fourth-order valence-electron chi connectivity index (χ4n) is 2.14. The molecule has 0 spiro atoms.